The third kappa shape index (κ3) is 3.76. The molecule has 1 aromatic rings. The number of carbonyl (C=O) groups is 1. The van der Waals surface area contributed by atoms with E-state index in [1.165, 1.54) is 24.7 Å². The zero-order valence-electron chi connectivity index (χ0n) is 13.4. The second-order valence-electron chi connectivity index (χ2n) is 6.20. The maximum Gasteiger partial charge on any atom is 0.329 e. The first-order chi connectivity index (χ1) is 9.94. The molecule has 0 saturated carbocycles. The fourth-order valence-corrected chi connectivity index (χ4v) is 2.89. The normalized spacial score (nSPS) is 16.4. The molecule has 1 aliphatic carbocycles. The molecule has 4 heteroatoms. The lowest BCUT2D eigenvalue weighted by Crippen LogP contribution is -2.56. The Morgan fingerprint density at radius 1 is 1.33 bits per heavy atom. The summed E-state index contributed by atoms with van der Waals surface area (Å²) in [6, 6.07) is 6.37. The van der Waals surface area contributed by atoms with E-state index in [4.69, 9.17) is 9.47 Å². The van der Waals surface area contributed by atoms with Crippen LogP contribution in [-0.4, -0.2) is 31.3 Å². The van der Waals surface area contributed by atoms with Gasteiger partial charge in [-0.1, -0.05) is 6.07 Å². The molecule has 0 spiro atoms. The first-order valence-electron chi connectivity index (χ1n) is 7.55. The zero-order chi connectivity index (χ0) is 15.5. The highest BCUT2D eigenvalue weighted by Crippen LogP contribution is 2.26. The molecule has 1 aliphatic rings. The molecule has 0 amide bonds. The SMILES string of the molecule is COC(=O)C(C)(COc1ccc2c(c1)CCC2)NC(C)C. The first-order valence-corrected chi connectivity index (χ1v) is 7.55. The van der Waals surface area contributed by atoms with Crippen molar-refractivity contribution in [2.24, 2.45) is 0 Å². The van der Waals surface area contributed by atoms with Gasteiger partial charge in [0, 0.05) is 6.04 Å². The van der Waals surface area contributed by atoms with Crippen LogP contribution in [0.4, 0.5) is 0 Å². The van der Waals surface area contributed by atoms with Crippen LogP contribution in [0.15, 0.2) is 18.2 Å². The topological polar surface area (TPSA) is 47.6 Å². The molecule has 1 unspecified atom stereocenters. The Balaban J connectivity index is 2.06. The summed E-state index contributed by atoms with van der Waals surface area (Å²) in [6.07, 6.45) is 3.49. The Labute approximate surface area is 126 Å². The third-order valence-electron chi connectivity index (χ3n) is 3.84. The van der Waals surface area contributed by atoms with Crippen molar-refractivity contribution in [3.05, 3.63) is 29.3 Å². The minimum atomic E-state index is -0.845. The number of fused-ring (bicyclic) bond motifs is 1. The summed E-state index contributed by atoms with van der Waals surface area (Å²) in [5, 5.41) is 3.23. The standard InChI is InChI=1S/C17H25NO3/c1-12(2)18-17(3,16(19)20-4)11-21-15-9-8-13-6-5-7-14(13)10-15/h8-10,12,18H,5-7,11H2,1-4H3. The Bertz CT molecular complexity index is 513. The molecular formula is C17H25NO3. The second kappa shape index (κ2) is 6.48. The van der Waals surface area contributed by atoms with Crippen LogP contribution >= 0.6 is 0 Å². The summed E-state index contributed by atoms with van der Waals surface area (Å²) in [6.45, 7) is 6.05. The number of rotatable bonds is 6. The molecular weight excluding hydrogens is 266 g/mol. The number of carbonyl (C=O) groups excluding carboxylic acids is 1. The van der Waals surface area contributed by atoms with Gasteiger partial charge in [-0.25, -0.2) is 4.79 Å². The lowest BCUT2D eigenvalue weighted by molar-refractivity contribution is -0.149. The summed E-state index contributed by atoms with van der Waals surface area (Å²) in [4.78, 5) is 12.0. The van der Waals surface area contributed by atoms with E-state index in [1.807, 2.05) is 26.8 Å². The van der Waals surface area contributed by atoms with Crippen LogP contribution in [0.5, 0.6) is 5.75 Å². The molecule has 1 aromatic carbocycles. The fourth-order valence-electron chi connectivity index (χ4n) is 2.89. The predicted molar refractivity (Wildman–Crippen MR) is 82.7 cm³/mol. The number of hydrogen-bond acceptors (Lipinski definition) is 4. The molecule has 1 N–H and O–H groups in total. The summed E-state index contributed by atoms with van der Waals surface area (Å²) in [5.74, 6) is 0.508. The Morgan fingerprint density at radius 3 is 2.71 bits per heavy atom. The van der Waals surface area contributed by atoms with Crippen LogP contribution in [0.25, 0.3) is 0 Å². The number of hydrogen-bond donors (Lipinski definition) is 1. The largest absolute Gasteiger partial charge is 0.491 e. The molecule has 21 heavy (non-hydrogen) atoms. The van der Waals surface area contributed by atoms with Gasteiger partial charge in [0.25, 0.3) is 0 Å². The lowest BCUT2D eigenvalue weighted by Gasteiger charge is -2.30. The van der Waals surface area contributed by atoms with Crippen molar-refractivity contribution in [3.8, 4) is 5.75 Å². The van der Waals surface area contributed by atoms with Crippen LogP contribution in [0, 0.1) is 0 Å². The number of nitrogens with one attached hydrogen (secondary N) is 1. The van der Waals surface area contributed by atoms with Gasteiger partial charge in [-0.05, 0) is 63.3 Å². The maximum absolute atomic E-state index is 12.0. The molecule has 116 valence electrons. The van der Waals surface area contributed by atoms with E-state index in [0.29, 0.717) is 0 Å². The molecule has 0 bridgehead atoms. The highest BCUT2D eigenvalue weighted by Gasteiger charge is 2.36. The van der Waals surface area contributed by atoms with Gasteiger partial charge >= 0.3 is 5.97 Å². The molecule has 0 fully saturated rings. The van der Waals surface area contributed by atoms with E-state index in [1.54, 1.807) is 0 Å². The highest BCUT2D eigenvalue weighted by atomic mass is 16.5. The molecule has 4 nitrogen and oxygen atoms in total. The van der Waals surface area contributed by atoms with Gasteiger partial charge < -0.3 is 9.47 Å². The van der Waals surface area contributed by atoms with E-state index in [2.05, 4.69) is 17.4 Å². The van der Waals surface area contributed by atoms with E-state index >= 15 is 0 Å². The smallest absolute Gasteiger partial charge is 0.329 e. The predicted octanol–water partition coefficient (Wildman–Crippen LogP) is 2.48. The van der Waals surface area contributed by atoms with Gasteiger partial charge in [0.05, 0.1) is 7.11 Å². The fraction of sp³-hybridized carbons (Fsp3) is 0.588. The van der Waals surface area contributed by atoms with Gasteiger partial charge in [0.1, 0.15) is 17.9 Å². The van der Waals surface area contributed by atoms with Crippen molar-refractivity contribution in [2.45, 2.75) is 51.6 Å². The molecule has 0 aromatic heterocycles. The maximum atomic E-state index is 12.0. The minimum absolute atomic E-state index is 0.165. The van der Waals surface area contributed by atoms with E-state index in [0.717, 1.165) is 18.6 Å². The van der Waals surface area contributed by atoms with Crippen molar-refractivity contribution in [3.63, 3.8) is 0 Å². The van der Waals surface area contributed by atoms with Gasteiger partial charge in [0.15, 0.2) is 0 Å². The van der Waals surface area contributed by atoms with Crippen molar-refractivity contribution >= 4 is 5.97 Å². The number of benzene rings is 1. The van der Waals surface area contributed by atoms with Crippen LogP contribution < -0.4 is 10.1 Å². The Hall–Kier alpha value is -1.55. The van der Waals surface area contributed by atoms with Gasteiger partial charge in [-0.2, -0.15) is 0 Å². The van der Waals surface area contributed by atoms with Crippen molar-refractivity contribution in [1.29, 1.82) is 0 Å². The van der Waals surface area contributed by atoms with E-state index in [9.17, 15) is 4.79 Å². The Morgan fingerprint density at radius 2 is 2.05 bits per heavy atom. The van der Waals surface area contributed by atoms with E-state index in [-0.39, 0.29) is 18.6 Å². The molecule has 2 rings (SSSR count). The number of methoxy groups -OCH3 is 1. The number of aryl methyl sites for hydroxylation is 2. The van der Waals surface area contributed by atoms with Crippen molar-refractivity contribution in [2.75, 3.05) is 13.7 Å². The average molecular weight is 291 g/mol. The van der Waals surface area contributed by atoms with Crippen LogP contribution in [0.3, 0.4) is 0 Å². The summed E-state index contributed by atoms with van der Waals surface area (Å²) in [5.41, 5.74) is 1.93. The summed E-state index contributed by atoms with van der Waals surface area (Å²) >= 11 is 0. The molecule has 1 atom stereocenters. The number of ether oxygens (including phenoxy) is 2. The van der Waals surface area contributed by atoms with E-state index < -0.39 is 5.54 Å². The Kier molecular flexibility index (Phi) is 4.88. The van der Waals surface area contributed by atoms with Gasteiger partial charge in [0.2, 0.25) is 0 Å². The minimum Gasteiger partial charge on any atom is -0.491 e. The first kappa shape index (κ1) is 15.8. The van der Waals surface area contributed by atoms with Crippen LogP contribution in [-0.2, 0) is 22.4 Å². The summed E-state index contributed by atoms with van der Waals surface area (Å²) in [7, 11) is 1.40. The molecule has 0 aliphatic heterocycles. The second-order valence-corrected chi connectivity index (χ2v) is 6.20. The number of esters is 1. The molecule has 0 radical (unpaired) electrons. The van der Waals surface area contributed by atoms with Crippen molar-refractivity contribution in [1.82, 2.24) is 5.32 Å². The monoisotopic (exact) mass is 291 g/mol. The van der Waals surface area contributed by atoms with Gasteiger partial charge in [-0.15, -0.1) is 0 Å². The zero-order valence-corrected chi connectivity index (χ0v) is 13.4. The van der Waals surface area contributed by atoms with Crippen LogP contribution in [0.2, 0.25) is 0 Å². The third-order valence-corrected chi connectivity index (χ3v) is 3.84. The molecule has 0 saturated heterocycles. The molecule has 0 heterocycles. The quantitative estimate of drug-likeness (QED) is 0.818. The highest BCUT2D eigenvalue weighted by molar-refractivity contribution is 5.80. The van der Waals surface area contributed by atoms with Crippen LogP contribution in [0.1, 0.15) is 38.3 Å². The van der Waals surface area contributed by atoms with Gasteiger partial charge in [-0.3, -0.25) is 5.32 Å². The lowest BCUT2D eigenvalue weighted by atomic mass is 10.0. The van der Waals surface area contributed by atoms with Crippen molar-refractivity contribution < 1.29 is 14.3 Å². The average Bonchev–Trinajstić information content (AvgIpc) is 2.91. The summed E-state index contributed by atoms with van der Waals surface area (Å²) < 4.78 is 10.8.